The van der Waals surface area contributed by atoms with Gasteiger partial charge in [-0.2, -0.15) is 0 Å². The lowest BCUT2D eigenvalue weighted by Crippen LogP contribution is -2.42. The lowest BCUT2D eigenvalue weighted by atomic mass is 10.0. The molecule has 0 aromatic heterocycles. The fourth-order valence-electron chi connectivity index (χ4n) is 2.31. The van der Waals surface area contributed by atoms with Gasteiger partial charge in [-0.25, -0.2) is 4.39 Å². The molecule has 2 aromatic rings. The van der Waals surface area contributed by atoms with Crippen molar-refractivity contribution in [1.29, 1.82) is 0 Å². The van der Waals surface area contributed by atoms with Gasteiger partial charge >= 0.3 is 0 Å². The zero-order valence-corrected chi connectivity index (χ0v) is 14.1. The first kappa shape index (κ1) is 16.7. The topological polar surface area (TPSA) is 67.8 Å². The first-order valence-electron chi connectivity index (χ1n) is 7.26. The number of fused-ring (bicyclic) bond motifs is 1. The van der Waals surface area contributed by atoms with E-state index in [1.807, 2.05) is 30.3 Å². The molecule has 0 radical (unpaired) electrons. The van der Waals surface area contributed by atoms with Gasteiger partial charge in [-0.05, 0) is 39.2 Å². The van der Waals surface area contributed by atoms with Crippen molar-refractivity contribution in [3.05, 3.63) is 59.7 Å². The zero-order chi connectivity index (χ0) is 17.2. The van der Waals surface area contributed by atoms with E-state index in [1.54, 1.807) is 6.07 Å². The molecule has 0 bridgehead atoms. The van der Waals surface area contributed by atoms with Crippen LogP contribution in [0, 0.1) is 0 Å². The van der Waals surface area contributed by atoms with Crippen molar-refractivity contribution in [1.82, 2.24) is 5.32 Å². The van der Waals surface area contributed by atoms with Crippen LogP contribution in [0.4, 0.5) is 4.39 Å². The van der Waals surface area contributed by atoms with E-state index in [-0.39, 0.29) is 18.9 Å². The second kappa shape index (κ2) is 6.78. The number of amides is 1. The van der Waals surface area contributed by atoms with Gasteiger partial charge in [-0.1, -0.05) is 36.4 Å². The Kier molecular flexibility index (Phi) is 4.73. The van der Waals surface area contributed by atoms with Crippen molar-refractivity contribution in [3.63, 3.8) is 0 Å². The van der Waals surface area contributed by atoms with Crippen LogP contribution in [0.25, 0.3) is 0 Å². The minimum Gasteiger partial charge on any atom is -0.454 e. The maximum absolute atomic E-state index is 14.8. The average Bonchev–Trinajstić information content (AvgIpc) is 3.07. The van der Waals surface area contributed by atoms with E-state index in [1.165, 1.54) is 12.1 Å². The lowest BCUT2D eigenvalue weighted by Gasteiger charge is -2.24. The Balaban J connectivity index is 1.70. The Labute approximate surface area is 146 Å². The van der Waals surface area contributed by atoms with Gasteiger partial charge in [-0.3, -0.25) is 4.79 Å². The van der Waals surface area contributed by atoms with Crippen molar-refractivity contribution >= 4 is 21.8 Å². The predicted octanol–water partition coefficient (Wildman–Crippen LogP) is 2.83. The molecule has 0 saturated heterocycles. The van der Waals surface area contributed by atoms with Gasteiger partial charge in [0.1, 0.15) is 6.10 Å². The smallest absolute Gasteiger partial charge is 0.272 e. The van der Waals surface area contributed by atoms with Gasteiger partial charge in [0.2, 0.25) is 6.79 Å². The third-order valence-electron chi connectivity index (χ3n) is 3.65. The summed E-state index contributed by atoms with van der Waals surface area (Å²) in [5.74, 6) is -0.0467. The molecule has 7 heteroatoms. The van der Waals surface area contributed by atoms with Crippen LogP contribution in [0.3, 0.4) is 0 Å². The summed E-state index contributed by atoms with van der Waals surface area (Å²) in [6.07, 6.45) is -1.71. The average molecular weight is 396 g/mol. The highest BCUT2D eigenvalue weighted by Crippen LogP contribution is 2.40. The summed E-state index contributed by atoms with van der Waals surface area (Å²) in [6, 6.07) is 13.6. The molecule has 1 aliphatic rings. The molecular formula is C17H15BrFNO4. The highest BCUT2D eigenvalue weighted by molar-refractivity contribution is 9.10. The van der Waals surface area contributed by atoms with Crippen LogP contribution in [0.5, 0.6) is 11.5 Å². The van der Waals surface area contributed by atoms with Crippen LogP contribution in [0.15, 0.2) is 48.5 Å². The van der Waals surface area contributed by atoms with Gasteiger partial charge in [0, 0.05) is 6.54 Å². The van der Waals surface area contributed by atoms with Gasteiger partial charge in [-0.15, -0.1) is 0 Å². The zero-order valence-electron chi connectivity index (χ0n) is 12.5. The maximum atomic E-state index is 14.8. The van der Waals surface area contributed by atoms with Crippen LogP contribution in [-0.4, -0.2) is 22.4 Å². The lowest BCUT2D eigenvalue weighted by molar-refractivity contribution is -0.132. The molecule has 24 heavy (non-hydrogen) atoms. The highest BCUT2D eigenvalue weighted by Gasteiger charge is 2.44. The summed E-state index contributed by atoms with van der Waals surface area (Å²) in [7, 11) is 0. The third-order valence-corrected chi connectivity index (χ3v) is 4.45. The first-order valence-corrected chi connectivity index (χ1v) is 8.05. The molecule has 1 aliphatic heterocycles. The summed E-state index contributed by atoms with van der Waals surface area (Å²) in [6.45, 7) is 0.228. The summed E-state index contributed by atoms with van der Waals surface area (Å²) in [4.78, 5) is 12.1. The largest absolute Gasteiger partial charge is 0.454 e. The molecule has 1 amide bonds. The van der Waals surface area contributed by atoms with E-state index in [9.17, 15) is 14.3 Å². The van der Waals surface area contributed by atoms with E-state index < -0.39 is 16.6 Å². The molecule has 0 aliphatic carbocycles. The highest BCUT2D eigenvalue weighted by atomic mass is 79.9. The Morgan fingerprint density at radius 1 is 1.25 bits per heavy atom. The van der Waals surface area contributed by atoms with Gasteiger partial charge in [0.15, 0.2) is 11.5 Å². The van der Waals surface area contributed by atoms with E-state index in [4.69, 9.17) is 9.47 Å². The van der Waals surface area contributed by atoms with Crippen molar-refractivity contribution in [2.24, 2.45) is 0 Å². The molecule has 0 saturated carbocycles. The monoisotopic (exact) mass is 395 g/mol. The Hall–Kier alpha value is -2.12. The number of benzene rings is 2. The number of nitrogens with one attached hydrogen (secondary N) is 1. The molecule has 0 fully saturated rings. The number of hydrogen-bond donors (Lipinski definition) is 2. The summed E-state index contributed by atoms with van der Waals surface area (Å²) in [5.41, 5.74) is 1.03. The molecular weight excluding hydrogens is 381 g/mol. The normalized spacial score (nSPS) is 16.3. The minimum absolute atomic E-state index is 0.0710. The Morgan fingerprint density at radius 3 is 2.71 bits per heavy atom. The van der Waals surface area contributed by atoms with Crippen LogP contribution in [-0.2, 0) is 11.3 Å². The number of carbonyl (C=O) groups excluding carboxylic acids is 1. The number of aliphatic hydroxyl groups is 1. The van der Waals surface area contributed by atoms with Crippen molar-refractivity contribution in [2.45, 2.75) is 17.2 Å². The number of aliphatic hydroxyl groups excluding tert-OH is 1. The molecule has 0 unspecified atom stereocenters. The summed E-state index contributed by atoms with van der Waals surface area (Å²) >= 11 is 2.70. The number of carbonyl (C=O) groups is 1. The third kappa shape index (κ3) is 3.37. The van der Waals surface area contributed by atoms with Crippen molar-refractivity contribution < 1.29 is 23.8 Å². The molecule has 1 heterocycles. The van der Waals surface area contributed by atoms with Gasteiger partial charge < -0.3 is 19.9 Å². The molecule has 2 aromatic carbocycles. The van der Waals surface area contributed by atoms with Crippen LogP contribution in [0.1, 0.15) is 17.2 Å². The van der Waals surface area contributed by atoms with Crippen LogP contribution < -0.4 is 14.8 Å². The maximum Gasteiger partial charge on any atom is 0.272 e. The second-order valence-corrected chi connectivity index (χ2v) is 6.46. The van der Waals surface area contributed by atoms with E-state index in [2.05, 4.69) is 21.2 Å². The predicted molar refractivity (Wildman–Crippen MR) is 88.6 cm³/mol. The molecule has 126 valence electrons. The van der Waals surface area contributed by atoms with E-state index >= 15 is 0 Å². The standard InChI is InChI=1S/C17H15BrFNO4/c18-17(19,16(22)20-9-11-4-2-1-3-5-11)15(21)12-6-7-13-14(8-12)24-10-23-13/h1-8,15,21H,9-10H2,(H,20,22)/t15-,17-/m1/s1. The molecule has 5 nitrogen and oxygen atoms in total. The summed E-state index contributed by atoms with van der Waals surface area (Å²) < 4.78 is 22.5. The molecule has 3 rings (SSSR count). The van der Waals surface area contributed by atoms with Crippen LogP contribution in [0.2, 0.25) is 0 Å². The van der Waals surface area contributed by atoms with Gasteiger partial charge in [0.25, 0.3) is 10.5 Å². The summed E-state index contributed by atoms with van der Waals surface area (Å²) in [5, 5.41) is 12.7. The fraction of sp³-hybridized carbons (Fsp3) is 0.235. The van der Waals surface area contributed by atoms with Gasteiger partial charge in [0.05, 0.1) is 0 Å². The molecule has 2 N–H and O–H groups in total. The van der Waals surface area contributed by atoms with Crippen molar-refractivity contribution in [3.8, 4) is 11.5 Å². The molecule has 2 atom stereocenters. The second-order valence-electron chi connectivity index (χ2n) is 5.31. The SMILES string of the molecule is O=C(NCc1ccccc1)[C@@](F)(Br)[C@H](O)c1ccc2c(c1)OCO2. The number of rotatable bonds is 5. The number of ether oxygens (including phenoxy) is 2. The number of halogens is 2. The Morgan fingerprint density at radius 2 is 1.96 bits per heavy atom. The fourth-order valence-corrected chi connectivity index (χ4v) is 2.72. The Bertz CT molecular complexity index is 739. The minimum atomic E-state index is -2.67. The first-order chi connectivity index (χ1) is 11.5. The van der Waals surface area contributed by atoms with E-state index in [0.717, 1.165) is 5.56 Å². The number of alkyl halides is 2. The quantitative estimate of drug-likeness (QED) is 0.763. The van der Waals surface area contributed by atoms with Crippen LogP contribution >= 0.6 is 15.9 Å². The van der Waals surface area contributed by atoms with E-state index in [0.29, 0.717) is 11.5 Å². The van der Waals surface area contributed by atoms with Crippen molar-refractivity contribution in [2.75, 3.05) is 6.79 Å². The number of hydrogen-bond acceptors (Lipinski definition) is 4. The molecule has 0 spiro atoms.